The van der Waals surface area contributed by atoms with Crippen LogP contribution in [0.1, 0.15) is 34.3 Å². The van der Waals surface area contributed by atoms with Gasteiger partial charge in [-0.3, -0.25) is 9.36 Å². The molecule has 0 spiro atoms. The van der Waals surface area contributed by atoms with Crippen molar-refractivity contribution in [2.75, 3.05) is 13.2 Å². The third kappa shape index (κ3) is 5.29. The molecule has 6 nitrogen and oxygen atoms in total. The van der Waals surface area contributed by atoms with Gasteiger partial charge in [-0.1, -0.05) is 36.0 Å². The van der Waals surface area contributed by atoms with Crippen molar-refractivity contribution in [1.29, 1.82) is 0 Å². The maximum absolute atomic E-state index is 13.6. The molecule has 174 valence electrons. The highest BCUT2D eigenvalue weighted by molar-refractivity contribution is 7.98. The SMILES string of the molecule is O=C(NC[C@H]1CCCO1)c1ccc(Cn2c(SCc3cccc(F)c3)nc3cccnc32)cc1. The first-order chi connectivity index (χ1) is 16.7. The van der Waals surface area contributed by atoms with Gasteiger partial charge in [0.05, 0.1) is 12.6 Å². The number of hydrogen-bond acceptors (Lipinski definition) is 5. The maximum Gasteiger partial charge on any atom is 0.251 e. The molecule has 1 atom stereocenters. The molecule has 0 unspecified atom stereocenters. The van der Waals surface area contributed by atoms with Crippen molar-refractivity contribution < 1.29 is 13.9 Å². The molecule has 2 aromatic heterocycles. The lowest BCUT2D eigenvalue weighted by atomic mass is 10.1. The number of pyridine rings is 1. The van der Waals surface area contributed by atoms with Crippen LogP contribution in [0, 0.1) is 5.82 Å². The Morgan fingerprint density at radius 1 is 1.15 bits per heavy atom. The highest BCUT2D eigenvalue weighted by Gasteiger charge is 2.17. The summed E-state index contributed by atoms with van der Waals surface area (Å²) in [6, 6.07) is 18.0. The van der Waals surface area contributed by atoms with Gasteiger partial charge in [-0.2, -0.15) is 0 Å². The van der Waals surface area contributed by atoms with Gasteiger partial charge in [0.15, 0.2) is 10.8 Å². The van der Waals surface area contributed by atoms with Gasteiger partial charge in [0.1, 0.15) is 11.3 Å². The Kier molecular flexibility index (Phi) is 6.87. The summed E-state index contributed by atoms with van der Waals surface area (Å²) in [5.41, 5.74) is 4.16. The van der Waals surface area contributed by atoms with E-state index in [1.54, 1.807) is 30.1 Å². The number of hydrogen-bond donors (Lipinski definition) is 1. The molecular formula is C26H25FN4O2S. The Hall–Kier alpha value is -3.23. The number of imidazole rings is 1. The number of thioether (sulfide) groups is 1. The fourth-order valence-electron chi connectivity index (χ4n) is 4.02. The number of fused-ring (bicyclic) bond motifs is 1. The van der Waals surface area contributed by atoms with Gasteiger partial charge in [0, 0.05) is 30.7 Å². The van der Waals surface area contributed by atoms with Crippen molar-refractivity contribution in [3.63, 3.8) is 0 Å². The molecule has 0 saturated carbocycles. The summed E-state index contributed by atoms with van der Waals surface area (Å²) >= 11 is 1.55. The second kappa shape index (κ2) is 10.4. The van der Waals surface area contributed by atoms with Gasteiger partial charge in [-0.25, -0.2) is 14.4 Å². The van der Waals surface area contributed by atoms with Gasteiger partial charge in [0.25, 0.3) is 5.91 Å². The summed E-state index contributed by atoms with van der Waals surface area (Å²) < 4.78 is 21.2. The van der Waals surface area contributed by atoms with Crippen molar-refractivity contribution in [2.45, 2.75) is 36.4 Å². The van der Waals surface area contributed by atoms with Crippen LogP contribution in [-0.2, 0) is 17.0 Å². The summed E-state index contributed by atoms with van der Waals surface area (Å²) in [4.78, 5) is 21.8. The number of carbonyl (C=O) groups excluding carboxylic acids is 1. The van der Waals surface area contributed by atoms with Gasteiger partial charge in [0.2, 0.25) is 0 Å². The van der Waals surface area contributed by atoms with Crippen molar-refractivity contribution >= 4 is 28.8 Å². The number of aromatic nitrogens is 3. The number of halogens is 1. The smallest absolute Gasteiger partial charge is 0.251 e. The fraction of sp³-hybridized carbons (Fsp3) is 0.269. The van der Waals surface area contributed by atoms with Crippen molar-refractivity contribution in [3.8, 4) is 0 Å². The predicted molar refractivity (Wildman–Crippen MR) is 130 cm³/mol. The van der Waals surface area contributed by atoms with Gasteiger partial charge in [-0.15, -0.1) is 0 Å². The number of nitrogens with zero attached hydrogens (tertiary/aromatic N) is 3. The van der Waals surface area contributed by atoms with E-state index in [2.05, 4.69) is 14.9 Å². The first-order valence-electron chi connectivity index (χ1n) is 11.3. The Morgan fingerprint density at radius 2 is 2.03 bits per heavy atom. The quantitative estimate of drug-likeness (QED) is 0.369. The minimum atomic E-state index is -0.242. The molecule has 2 aromatic carbocycles. The van der Waals surface area contributed by atoms with E-state index >= 15 is 0 Å². The van der Waals surface area contributed by atoms with E-state index in [0.717, 1.165) is 46.9 Å². The zero-order valence-electron chi connectivity index (χ0n) is 18.6. The number of carbonyl (C=O) groups is 1. The van der Waals surface area contributed by atoms with Crippen molar-refractivity contribution in [1.82, 2.24) is 19.9 Å². The van der Waals surface area contributed by atoms with Crippen LogP contribution in [0.2, 0.25) is 0 Å². The fourth-order valence-corrected chi connectivity index (χ4v) is 4.97. The summed E-state index contributed by atoms with van der Waals surface area (Å²) in [6.07, 6.45) is 3.91. The number of benzene rings is 2. The van der Waals surface area contributed by atoms with Crippen LogP contribution in [0.25, 0.3) is 11.2 Å². The Bertz CT molecular complexity index is 1290. The average molecular weight is 477 g/mol. The van der Waals surface area contributed by atoms with Crippen LogP contribution in [-0.4, -0.2) is 39.7 Å². The van der Waals surface area contributed by atoms with Gasteiger partial charge < -0.3 is 10.1 Å². The largest absolute Gasteiger partial charge is 0.376 e. The van der Waals surface area contributed by atoms with Crippen LogP contribution in [0.3, 0.4) is 0 Å². The Morgan fingerprint density at radius 3 is 2.82 bits per heavy atom. The molecule has 1 fully saturated rings. The molecule has 34 heavy (non-hydrogen) atoms. The van der Waals surface area contributed by atoms with Crippen molar-refractivity contribution in [2.24, 2.45) is 0 Å². The van der Waals surface area contributed by atoms with E-state index in [4.69, 9.17) is 9.72 Å². The lowest BCUT2D eigenvalue weighted by Gasteiger charge is -2.12. The Balaban J connectivity index is 1.30. The van der Waals surface area contributed by atoms with Crippen LogP contribution in [0.4, 0.5) is 4.39 Å². The van der Waals surface area contributed by atoms with E-state index in [0.29, 0.717) is 24.4 Å². The number of amides is 1. The monoisotopic (exact) mass is 476 g/mol. The second-order valence-electron chi connectivity index (χ2n) is 8.29. The molecule has 4 aromatic rings. The molecule has 1 N–H and O–H groups in total. The first kappa shape index (κ1) is 22.6. The molecule has 0 radical (unpaired) electrons. The van der Waals surface area contributed by atoms with E-state index in [9.17, 15) is 9.18 Å². The van der Waals surface area contributed by atoms with E-state index in [-0.39, 0.29) is 17.8 Å². The molecule has 5 rings (SSSR count). The lowest BCUT2D eigenvalue weighted by molar-refractivity contribution is 0.0858. The zero-order chi connectivity index (χ0) is 23.3. The highest BCUT2D eigenvalue weighted by atomic mass is 32.2. The minimum Gasteiger partial charge on any atom is -0.376 e. The maximum atomic E-state index is 13.6. The van der Waals surface area contributed by atoms with Crippen LogP contribution in [0.15, 0.2) is 72.0 Å². The third-order valence-electron chi connectivity index (χ3n) is 5.80. The van der Waals surface area contributed by atoms with E-state index in [1.165, 1.54) is 6.07 Å². The number of ether oxygens (including phenoxy) is 1. The predicted octanol–water partition coefficient (Wildman–Crippen LogP) is 4.82. The molecule has 8 heteroatoms. The molecule has 1 aliphatic rings. The van der Waals surface area contributed by atoms with Crippen LogP contribution < -0.4 is 5.32 Å². The molecule has 1 amide bonds. The second-order valence-corrected chi connectivity index (χ2v) is 9.23. The molecule has 1 aliphatic heterocycles. The standard InChI is InChI=1S/C26H25FN4O2S/c27-21-5-1-4-19(14-21)17-34-26-30-23-7-2-12-28-24(23)31(26)16-18-8-10-20(11-9-18)25(32)29-15-22-6-3-13-33-22/h1-2,4-5,7-12,14,22H,3,6,13,15-17H2,(H,29,32)/t22-/m1/s1. The minimum absolute atomic E-state index is 0.0943. The van der Waals surface area contributed by atoms with E-state index in [1.807, 2.05) is 42.5 Å². The van der Waals surface area contributed by atoms with Gasteiger partial charge >= 0.3 is 0 Å². The summed E-state index contributed by atoms with van der Waals surface area (Å²) in [5, 5.41) is 3.77. The van der Waals surface area contributed by atoms with Crippen molar-refractivity contribution in [3.05, 3.63) is 89.4 Å². The molecular weight excluding hydrogens is 451 g/mol. The van der Waals surface area contributed by atoms with Gasteiger partial charge in [-0.05, 0) is 60.4 Å². The first-order valence-corrected chi connectivity index (χ1v) is 12.3. The topological polar surface area (TPSA) is 69.0 Å². The van der Waals surface area contributed by atoms with Crippen LogP contribution in [0.5, 0.6) is 0 Å². The molecule has 3 heterocycles. The van der Waals surface area contributed by atoms with Crippen LogP contribution >= 0.6 is 11.8 Å². The number of rotatable bonds is 8. The normalized spacial score (nSPS) is 15.6. The summed E-state index contributed by atoms with van der Waals surface area (Å²) in [6.45, 7) is 1.88. The molecule has 1 saturated heterocycles. The number of nitrogens with one attached hydrogen (secondary N) is 1. The molecule has 0 aliphatic carbocycles. The zero-order valence-corrected chi connectivity index (χ0v) is 19.4. The molecule has 0 bridgehead atoms. The lowest BCUT2D eigenvalue weighted by Crippen LogP contribution is -2.31. The highest BCUT2D eigenvalue weighted by Crippen LogP contribution is 2.27. The summed E-state index contributed by atoms with van der Waals surface area (Å²) in [5.74, 6) is 0.265. The average Bonchev–Trinajstić information content (AvgIpc) is 3.50. The van der Waals surface area contributed by atoms with E-state index < -0.39 is 0 Å². The Labute approximate surface area is 201 Å². The summed E-state index contributed by atoms with van der Waals surface area (Å²) in [7, 11) is 0. The third-order valence-corrected chi connectivity index (χ3v) is 6.84.